The van der Waals surface area contributed by atoms with Gasteiger partial charge in [-0.1, -0.05) is 13.8 Å². The maximum Gasteiger partial charge on any atom is 0.128 e. The number of nitrogens with two attached hydrogens (primary N) is 1. The average Bonchev–Trinajstić information content (AvgIpc) is 2.47. The van der Waals surface area contributed by atoms with Gasteiger partial charge in [-0.15, -0.1) is 0 Å². The predicted molar refractivity (Wildman–Crippen MR) is 81.7 cm³/mol. The fourth-order valence-corrected chi connectivity index (χ4v) is 2.73. The van der Waals surface area contributed by atoms with Crippen LogP contribution in [0, 0.1) is 6.92 Å². The van der Waals surface area contributed by atoms with E-state index in [1.807, 2.05) is 13.1 Å². The molecule has 20 heavy (non-hydrogen) atoms. The van der Waals surface area contributed by atoms with Gasteiger partial charge in [0, 0.05) is 24.8 Å². The highest BCUT2D eigenvalue weighted by Gasteiger charge is 2.29. The Balaban J connectivity index is 2.23. The van der Waals surface area contributed by atoms with E-state index in [-0.39, 0.29) is 12.1 Å². The lowest BCUT2D eigenvalue weighted by Crippen LogP contribution is -2.48. The van der Waals surface area contributed by atoms with Crippen LogP contribution in [-0.4, -0.2) is 48.8 Å². The van der Waals surface area contributed by atoms with Gasteiger partial charge in [0.2, 0.25) is 0 Å². The van der Waals surface area contributed by atoms with Gasteiger partial charge >= 0.3 is 0 Å². The first-order valence-electron chi connectivity index (χ1n) is 7.45. The lowest BCUT2D eigenvalue weighted by molar-refractivity contribution is -0.0453. The third kappa shape index (κ3) is 3.48. The van der Waals surface area contributed by atoms with Crippen molar-refractivity contribution in [2.75, 3.05) is 38.5 Å². The number of nitrogen functional groups attached to an aromatic ring is 1. The zero-order valence-corrected chi connectivity index (χ0v) is 12.7. The molecule has 3 N–H and O–H groups in total. The Morgan fingerprint density at radius 3 is 3.05 bits per heavy atom. The first kappa shape index (κ1) is 15.2. The van der Waals surface area contributed by atoms with Crippen molar-refractivity contribution in [3.63, 3.8) is 0 Å². The van der Waals surface area contributed by atoms with Crippen LogP contribution in [0.2, 0.25) is 0 Å². The van der Waals surface area contributed by atoms with E-state index in [0.717, 1.165) is 43.9 Å². The topological polar surface area (TPSA) is 63.4 Å². The van der Waals surface area contributed by atoms with E-state index in [9.17, 15) is 0 Å². The summed E-state index contributed by atoms with van der Waals surface area (Å²) in [5.74, 6) is 0.596. The summed E-state index contributed by atoms with van der Waals surface area (Å²) in [6.07, 6.45) is 1.93. The Bertz CT molecular complexity index is 438. The summed E-state index contributed by atoms with van der Waals surface area (Å²) in [6, 6.07) is 2.21. The summed E-state index contributed by atoms with van der Waals surface area (Å²) in [7, 11) is 0. The van der Waals surface area contributed by atoms with Crippen LogP contribution in [0.25, 0.3) is 0 Å². The van der Waals surface area contributed by atoms with Crippen LogP contribution in [-0.2, 0) is 4.74 Å². The minimum atomic E-state index is 0.0988. The molecule has 5 nitrogen and oxygen atoms in total. The normalized spacial score (nSPS) is 21.9. The molecule has 1 aromatic rings. The highest BCUT2D eigenvalue weighted by Crippen LogP contribution is 2.26. The molecule has 2 atom stereocenters. The number of hydrogen-bond donors (Lipinski definition) is 2. The number of ether oxygens (including phenoxy) is 1. The molecular weight excluding hydrogens is 252 g/mol. The van der Waals surface area contributed by atoms with Gasteiger partial charge in [-0.25, -0.2) is 4.98 Å². The summed E-state index contributed by atoms with van der Waals surface area (Å²) in [4.78, 5) is 6.70. The second-order valence-electron chi connectivity index (χ2n) is 5.32. The molecule has 2 unspecified atom stereocenters. The third-order valence-electron chi connectivity index (χ3n) is 3.84. The van der Waals surface area contributed by atoms with Gasteiger partial charge in [-0.3, -0.25) is 4.90 Å². The summed E-state index contributed by atoms with van der Waals surface area (Å²) < 4.78 is 5.99. The smallest absolute Gasteiger partial charge is 0.128 e. The van der Waals surface area contributed by atoms with Crippen molar-refractivity contribution in [2.24, 2.45) is 0 Å². The second-order valence-corrected chi connectivity index (χ2v) is 5.32. The standard InChI is InChI=1S/C15H26N4O/c1-4-17-14(12-8-11(3)9-18-15(12)16)13-10-19(5-2)6-7-20-13/h8-9,13-14,17H,4-7,10H2,1-3H3,(H2,16,18). The number of nitrogens with zero attached hydrogens (tertiary/aromatic N) is 2. The van der Waals surface area contributed by atoms with E-state index in [1.165, 1.54) is 0 Å². The van der Waals surface area contributed by atoms with Crippen molar-refractivity contribution < 1.29 is 4.74 Å². The van der Waals surface area contributed by atoms with Crippen LogP contribution < -0.4 is 11.1 Å². The second kappa shape index (κ2) is 7.02. The number of aryl methyl sites for hydroxylation is 1. The number of aromatic nitrogens is 1. The Hall–Kier alpha value is -1.17. The number of likely N-dealkylation sites (N-methyl/N-ethyl adjacent to an activating group) is 2. The number of nitrogens with one attached hydrogen (secondary N) is 1. The number of pyridine rings is 1. The molecule has 0 spiro atoms. The highest BCUT2D eigenvalue weighted by atomic mass is 16.5. The Morgan fingerprint density at radius 2 is 2.35 bits per heavy atom. The van der Waals surface area contributed by atoms with Gasteiger partial charge in [0.25, 0.3) is 0 Å². The molecule has 1 aliphatic heterocycles. The van der Waals surface area contributed by atoms with Gasteiger partial charge in [0.05, 0.1) is 18.8 Å². The van der Waals surface area contributed by atoms with Crippen molar-refractivity contribution in [1.82, 2.24) is 15.2 Å². The van der Waals surface area contributed by atoms with E-state index in [4.69, 9.17) is 10.5 Å². The molecule has 0 aromatic carbocycles. The minimum absolute atomic E-state index is 0.0988. The third-order valence-corrected chi connectivity index (χ3v) is 3.84. The number of anilines is 1. The zero-order chi connectivity index (χ0) is 14.5. The van der Waals surface area contributed by atoms with Gasteiger partial charge in [0.15, 0.2) is 0 Å². The summed E-state index contributed by atoms with van der Waals surface area (Å²) in [6.45, 7) is 11.0. The highest BCUT2D eigenvalue weighted by molar-refractivity contribution is 5.43. The summed E-state index contributed by atoms with van der Waals surface area (Å²) in [5.41, 5.74) is 8.25. The van der Waals surface area contributed by atoms with E-state index in [1.54, 1.807) is 0 Å². The number of morpholine rings is 1. The maximum atomic E-state index is 6.07. The molecule has 0 amide bonds. The molecule has 5 heteroatoms. The van der Waals surface area contributed by atoms with E-state index < -0.39 is 0 Å². The van der Waals surface area contributed by atoms with Crippen LogP contribution in [0.4, 0.5) is 5.82 Å². The molecule has 1 aliphatic rings. The van der Waals surface area contributed by atoms with Gasteiger partial charge in [-0.2, -0.15) is 0 Å². The van der Waals surface area contributed by atoms with E-state index in [2.05, 4.69) is 35.1 Å². The van der Waals surface area contributed by atoms with E-state index >= 15 is 0 Å². The monoisotopic (exact) mass is 278 g/mol. The van der Waals surface area contributed by atoms with Crippen LogP contribution in [0.5, 0.6) is 0 Å². The lowest BCUT2D eigenvalue weighted by Gasteiger charge is -2.37. The molecule has 2 rings (SSSR count). The van der Waals surface area contributed by atoms with Gasteiger partial charge in [-0.05, 0) is 31.6 Å². The first-order chi connectivity index (χ1) is 9.65. The van der Waals surface area contributed by atoms with Crippen LogP contribution in [0.1, 0.15) is 31.0 Å². The van der Waals surface area contributed by atoms with Crippen molar-refractivity contribution in [2.45, 2.75) is 32.9 Å². The molecule has 0 bridgehead atoms. The quantitative estimate of drug-likeness (QED) is 0.851. The summed E-state index contributed by atoms with van der Waals surface area (Å²) >= 11 is 0. The minimum Gasteiger partial charge on any atom is -0.383 e. The molecular formula is C15H26N4O. The van der Waals surface area contributed by atoms with Gasteiger partial charge < -0.3 is 15.8 Å². The molecule has 2 heterocycles. The molecule has 112 valence electrons. The van der Waals surface area contributed by atoms with Crippen LogP contribution in [0.15, 0.2) is 12.3 Å². The molecule has 1 saturated heterocycles. The van der Waals surface area contributed by atoms with Crippen molar-refractivity contribution in [3.05, 3.63) is 23.4 Å². The molecule has 0 radical (unpaired) electrons. The molecule has 0 aliphatic carbocycles. The maximum absolute atomic E-state index is 6.07. The van der Waals surface area contributed by atoms with Crippen molar-refractivity contribution >= 4 is 5.82 Å². The predicted octanol–water partition coefficient (Wildman–Crippen LogP) is 1.34. The summed E-state index contributed by atoms with van der Waals surface area (Å²) in [5, 5.41) is 3.51. The Morgan fingerprint density at radius 1 is 1.55 bits per heavy atom. The molecule has 1 aromatic heterocycles. The van der Waals surface area contributed by atoms with Crippen LogP contribution >= 0.6 is 0 Å². The molecule has 1 fully saturated rings. The number of rotatable bonds is 5. The Kier molecular flexibility index (Phi) is 5.34. The lowest BCUT2D eigenvalue weighted by atomic mass is 9.99. The van der Waals surface area contributed by atoms with Crippen molar-refractivity contribution in [3.8, 4) is 0 Å². The largest absolute Gasteiger partial charge is 0.383 e. The molecule has 0 saturated carbocycles. The van der Waals surface area contributed by atoms with Crippen LogP contribution in [0.3, 0.4) is 0 Å². The first-order valence-corrected chi connectivity index (χ1v) is 7.45. The fraction of sp³-hybridized carbons (Fsp3) is 0.667. The SMILES string of the molecule is CCNC(c1cc(C)cnc1N)C1CN(CC)CCO1. The number of hydrogen-bond acceptors (Lipinski definition) is 5. The fourth-order valence-electron chi connectivity index (χ4n) is 2.73. The Labute approximate surface area is 121 Å². The average molecular weight is 278 g/mol. The van der Waals surface area contributed by atoms with Gasteiger partial charge in [0.1, 0.15) is 5.82 Å². The zero-order valence-electron chi connectivity index (χ0n) is 12.7. The van der Waals surface area contributed by atoms with E-state index in [0.29, 0.717) is 5.82 Å². The van der Waals surface area contributed by atoms with Crippen molar-refractivity contribution in [1.29, 1.82) is 0 Å².